The highest BCUT2D eigenvalue weighted by molar-refractivity contribution is 7.98. The topological polar surface area (TPSA) is 85.9 Å². The zero-order valence-corrected chi connectivity index (χ0v) is 14.7. The van der Waals surface area contributed by atoms with E-state index >= 15 is 0 Å². The van der Waals surface area contributed by atoms with Crippen molar-refractivity contribution in [2.45, 2.75) is 11.2 Å². The maximum Gasteiger partial charge on any atom is 0.269 e. The summed E-state index contributed by atoms with van der Waals surface area (Å²) in [7, 11) is 0. The van der Waals surface area contributed by atoms with Crippen LogP contribution in [0.25, 0.3) is 5.70 Å². The van der Waals surface area contributed by atoms with Crippen molar-refractivity contribution in [3.63, 3.8) is 0 Å². The second-order valence-corrected chi connectivity index (χ2v) is 6.51. The summed E-state index contributed by atoms with van der Waals surface area (Å²) < 4.78 is 1.76. The summed E-state index contributed by atoms with van der Waals surface area (Å²) in [6, 6.07) is 16.2. The standard InChI is InChI=1S/C18H15N5O2S/c1-26-18-20-17-19-15(12-6-3-2-4-7-12)11-16(22(17)21-18)13-8-5-9-14(10-13)23(24)25/h2-11,16H,1H3,(H,19,20,21)/t16-/m1/s1. The Kier molecular flexibility index (Phi) is 4.18. The lowest BCUT2D eigenvalue weighted by Gasteiger charge is -2.24. The highest BCUT2D eigenvalue weighted by Gasteiger charge is 2.26. The number of benzene rings is 2. The van der Waals surface area contributed by atoms with Crippen molar-refractivity contribution in [1.82, 2.24) is 14.8 Å². The van der Waals surface area contributed by atoms with Gasteiger partial charge in [0.25, 0.3) is 5.69 Å². The molecule has 8 heteroatoms. The van der Waals surface area contributed by atoms with Gasteiger partial charge in [-0.1, -0.05) is 54.2 Å². The van der Waals surface area contributed by atoms with Gasteiger partial charge < -0.3 is 5.32 Å². The predicted molar refractivity (Wildman–Crippen MR) is 101 cm³/mol. The summed E-state index contributed by atoms with van der Waals surface area (Å²) in [4.78, 5) is 15.3. The van der Waals surface area contributed by atoms with E-state index in [4.69, 9.17) is 0 Å². The van der Waals surface area contributed by atoms with Crippen LogP contribution < -0.4 is 5.32 Å². The molecule has 0 radical (unpaired) electrons. The fraction of sp³-hybridized carbons (Fsp3) is 0.111. The molecule has 2 heterocycles. The molecule has 0 fully saturated rings. The van der Waals surface area contributed by atoms with Gasteiger partial charge in [0.05, 0.1) is 4.92 Å². The number of rotatable bonds is 4. The van der Waals surface area contributed by atoms with Crippen molar-refractivity contribution < 1.29 is 4.92 Å². The molecule has 130 valence electrons. The van der Waals surface area contributed by atoms with Crippen LogP contribution in [0.1, 0.15) is 17.2 Å². The van der Waals surface area contributed by atoms with E-state index in [2.05, 4.69) is 15.4 Å². The number of hydrogen-bond donors (Lipinski definition) is 1. The number of anilines is 1. The van der Waals surface area contributed by atoms with Gasteiger partial charge in [0.15, 0.2) is 0 Å². The summed E-state index contributed by atoms with van der Waals surface area (Å²) in [5, 5.41) is 19.6. The first kappa shape index (κ1) is 16.3. The zero-order valence-electron chi connectivity index (χ0n) is 13.9. The van der Waals surface area contributed by atoms with Crippen molar-refractivity contribution >= 4 is 29.1 Å². The summed E-state index contributed by atoms with van der Waals surface area (Å²) in [6.45, 7) is 0. The first-order valence-electron chi connectivity index (χ1n) is 7.95. The zero-order chi connectivity index (χ0) is 18.1. The lowest BCUT2D eigenvalue weighted by molar-refractivity contribution is -0.384. The van der Waals surface area contributed by atoms with Crippen molar-refractivity contribution in [2.24, 2.45) is 0 Å². The number of allylic oxidation sites excluding steroid dienone is 1. The van der Waals surface area contributed by atoms with Crippen LogP contribution in [0.5, 0.6) is 0 Å². The quantitative estimate of drug-likeness (QED) is 0.428. The number of thioether (sulfide) groups is 1. The minimum absolute atomic E-state index is 0.0578. The van der Waals surface area contributed by atoms with Crippen molar-refractivity contribution in [3.8, 4) is 0 Å². The third-order valence-electron chi connectivity index (χ3n) is 4.14. The van der Waals surface area contributed by atoms with Gasteiger partial charge in [0.2, 0.25) is 11.1 Å². The molecule has 1 aliphatic rings. The maximum absolute atomic E-state index is 11.2. The molecule has 26 heavy (non-hydrogen) atoms. The van der Waals surface area contributed by atoms with E-state index < -0.39 is 0 Å². The number of hydrogen-bond acceptors (Lipinski definition) is 6. The Balaban J connectivity index is 1.84. The molecule has 1 aromatic heterocycles. The van der Waals surface area contributed by atoms with E-state index in [0.29, 0.717) is 11.1 Å². The van der Waals surface area contributed by atoms with Crippen molar-refractivity contribution in [2.75, 3.05) is 11.6 Å². The van der Waals surface area contributed by atoms with E-state index in [0.717, 1.165) is 16.8 Å². The summed E-state index contributed by atoms with van der Waals surface area (Å²) in [5.74, 6) is 0.618. The van der Waals surface area contributed by atoms with Gasteiger partial charge in [0.1, 0.15) is 6.04 Å². The van der Waals surface area contributed by atoms with E-state index in [9.17, 15) is 10.1 Å². The molecule has 7 nitrogen and oxygen atoms in total. The minimum Gasteiger partial charge on any atom is -0.324 e. The Bertz CT molecular complexity index is 1000. The molecule has 0 saturated heterocycles. The monoisotopic (exact) mass is 365 g/mol. The molecule has 1 N–H and O–H groups in total. The minimum atomic E-state index is -0.387. The van der Waals surface area contributed by atoms with E-state index in [1.165, 1.54) is 17.8 Å². The van der Waals surface area contributed by atoms with Crippen LogP contribution in [0.15, 0.2) is 65.8 Å². The van der Waals surface area contributed by atoms with Crippen molar-refractivity contribution in [1.29, 1.82) is 0 Å². The molecule has 4 rings (SSSR count). The van der Waals surface area contributed by atoms with Crippen LogP contribution in [0.3, 0.4) is 0 Å². The molecule has 0 bridgehead atoms. The fourth-order valence-corrected chi connectivity index (χ4v) is 3.25. The van der Waals surface area contributed by atoms with E-state index in [1.807, 2.05) is 48.7 Å². The van der Waals surface area contributed by atoms with Crippen LogP contribution in [-0.4, -0.2) is 25.9 Å². The number of aromatic nitrogens is 3. The molecule has 0 aliphatic carbocycles. The number of nitrogens with one attached hydrogen (secondary N) is 1. The summed E-state index contributed by atoms with van der Waals surface area (Å²) in [6.07, 6.45) is 3.93. The summed E-state index contributed by atoms with van der Waals surface area (Å²) in [5.41, 5.74) is 2.76. The molecule has 0 amide bonds. The Morgan fingerprint density at radius 1 is 1.19 bits per heavy atom. The lowest BCUT2D eigenvalue weighted by atomic mass is 10.0. The smallest absolute Gasteiger partial charge is 0.269 e. The first-order chi connectivity index (χ1) is 12.7. The molecule has 3 aromatic rings. The van der Waals surface area contributed by atoms with Crippen LogP contribution in [0, 0.1) is 10.1 Å². The Labute approximate surface area is 153 Å². The number of nitro benzene ring substituents is 1. The first-order valence-corrected chi connectivity index (χ1v) is 9.17. The van der Waals surface area contributed by atoms with Gasteiger partial charge in [-0.2, -0.15) is 4.98 Å². The molecule has 1 aliphatic heterocycles. The molecular formula is C18H15N5O2S. The Hall–Kier alpha value is -3.13. The predicted octanol–water partition coefficient (Wildman–Crippen LogP) is 3.96. The van der Waals surface area contributed by atoms with Crippen molar-refractivity contribution in [3.05, 3.63) is 81.9 Å². The molecule has 0 spiro atoms. The van der Waals surface area contributed by atoms with Gasteiger partial charge in [-0.05, 0) is 23.5 Å². The number of fused-ring (bicyclic) bond motifs is 1. The number of non-ortho nitro benzene ring substituents is 1. The van der Waals surface area contributed by atoms with E-state index in [1.54, 1.807) is 16.8 Å². The maximum atomic E-state index is 11.2. The van der Waals surface area contributed by atoms with Gasteiger partial charge in [-0.25, -0.2) is 4.68 Å². The average Bonchev–Trinajstić information content (AvgIpc) is 3.11. The average molecular weight is 365 g/mol. The van der Waals surface area contributed by atoms with Gasteiger partial charge in [-0.3, -0.25) is 10.1 Å². The van der Waals surface area contributed by atoms with Gasteiger partial charge in [0, 0.05) is 17.8 Å². The third-order valence-corrected chi connectivity index (χ3v) is 4.67. The molecule has 2 aromatic carbocycles. The molecule has 1 atom stereocenters. The second kappa shape index (κ2) is 6.64. The SMILES string of the molecule is CSc1nc2n(n1)[C@@H](c1cccc([N+](=O)[O-])c1)C=C(c1ccccc1)N2. The fourth-order valence-electron chi connectivity index (χ4n) is 2.91. The third kappa shape index (κ3) is 2.95. The highest BCUT2D eigenvalue weighted by atomic mass is 32.2. The normalized spacial score (nSPS) is 15.7. The van der Waals surface area contributed by atoms with Crippen LogP contribution in [0.2, 0.25) is 0 Å². The van der Waals surface area contributed by atoms with E-state index in [-0.39, 0.29) is 16.7 Å². The molecular weight excluding hydrogens is 350 g/mol. The van der Waals surface area contributed by atoms with Crippen LogP contribution in [-0.2, 0) is 0 Å². The van der Waals surface area contributed by atoms with Crippen LogP contribution in [0.4, 0.5) is 11.6 Å². The number of nitro groups is 1. The Morgan fingerprint density at radius 3 is 2.73 bits per heavy atom. The molecule has 0 unspecified atom stereocenters. The highest BCUT2D eigenvalue weighted by Crippen LogP contribution is 2.34. The van der Waals surface area contributed by atoms with Gasteiger partial charge >= 0.3 is 0 Å². The Morgan fingerprint density at radius 2 is 2.00 bits per heavy atom. The van der Waals surface area contributed by atoms with Gasteiger partial charge in [-0.15, -0.1) is 5.10 Å². The lowest BCUT2D eigenvalue weighted by Crippen LogP contribution is -2.20. The molecule has 0 saturated carbocycles. The van der Waals surface area contributed by atoms with Crippen LogP contribution >= 0.6 is 11.8 Å². The second-order valence-electron chi connectivity index (χ2n) is 5.73. The summed E-state index contributed by atoms with van der Waals surface area (Å²) >= 11 is 1.45. The largest absolute Gasteiger partial charge is 0.324 e. The number of nitrogens with zero attached hydrogens (tertiary/aromatic N) is 4.